The van der Waals surface area contributed by atoms with E-state index in [1.165, 1.54) is 30.3 Å². The normalized spacial score (nSPS) is 14.1. The highest BCUT2D eigenvalue weighted by atomic mass is 32.2. The lowest BCUT2D eigenvalue weighted by Crippen LogP contribution is -2.33. The van der Waals surface area contributed by atoms with Crippen LogP contribution in [-0.4, -0.2) is 69.5 Å². The number of carbonyl (C=O) groups excluding carboxylic acids is 1. The SMILES string of the molecule is CCOC(=O)C(N)CCS(=O)c1ccc(Oc2c(F)cnc(Oc3cc(C#N)ccc3O)c2F)c(C2=NCCN2C)c1. The summed E-state index contributed by atoms with van der Waals surface area (Å²) in [6.07, 6.45) is 0.803. The van der Waals surface area contributed by atoms with Gasteiger partial charge in [-0.1, -0.05) is 0 Å². The molecule has 0 saturated heterocycles. The summed E-state index contributed by atoms with van der Waals surface area (Å²) in [5, 5.41) is 19.2. The molecule has 3 N–H and O–H groups in total. The number of aliphatic imine (C=N–C) groups is 1. The number of phenolic OH excluding ortho intramolecular Hbond substituents is 1. The van der Waals surface area contributed by atoms with Gasteiger partial charge in [0.1, 0.15) is 17.6 Å². The maximum atomic E-state index is 15.5. The summed E-state index contributed by atoms with van der Waals surface area (Å²) in [7, 11) is 0.194. The number of ether oxygens (including phenoxy) is 3. The molecule has 1 aliphatic rings. The summed E-state index contributed by atoms with van der Waals surface area (Å²) in [5.41, 5.74) is 6.29. The number of nitrogens with zero attached hydrogens (tertiary/aromatic N) is 4. The Hall–Kier alpha value is -4.61. The number of pyridine rings is 1. The Labute approximate surface area is 242 Å². The van der Waals surface area contributed by atoms with Gasteiger partial charge in [0.05, 0.1) is 47.3 Å². The van der Waals surface area contributed by atoms with Gasteiger partial charge < -0.3 is 30.0 Å². The number of hydrogen-bond donors (Lipinski definition) is 2. The molecule has 2 heterocycles. The van der Waals surface area contributed by atoms with Gasteiger partial charge in [-0.3, -0.25) is 14.0 Å². The first-order valence-electron chi connectivity index (χ1n) is 12.8. The van der Waals surface area contributed by atoms with Crippen LogP contribution in [0.3, 0.4) is 0 Å². The van der Waals surface area contributed by atoms with Crippen LogP contribution in [0.15, 0.2) is 52.5 Å². The number of nitriles is 1. The van der Waals surface area contributed by atoms with Gasteiger partial charge in [-0.05, 0) is 43.7 Å². The standard InChI is InChI=1S/C28H27F2N5O6S/c1-3-39-28(37)20(32)8-11-42(38)17-5-7-22(18(13-17)26-33-9-10-35(26)2)40-25-19(29)15-34-27(24(25)30)41-23-12-16(14-31)4-6-21(23)36/h4-7,12-13,15,20,36H,3,8-11,32H2,1-2H3. The quantitative estimate of drug-likeness (QED) is 0.312. The summed E-state index contributed by atoms with van der Waals surface area (Å²) in [4.78, 5) is 22.1. The lowest BCUT2D eigenvalue weighted by atomic mass is 10.1. The van der Waals surface area contributed by atoms with Crippen LogP contribution >= 0.6 is 0 Å². The fraction of sp³-hybridized carbons (Fsp3) is 0.286. The van der Waals surface area contributed by atoms with Crippen LogP contribution in [0.2, 0.25) is 0 Å². The van der Waals surface area contributed by atoms with Gasteiger partial charge in [0.2, 0.25) is 11.6 Å². The second kappa shape index (κ2) is 13.4. The van der Waals surface area contributed by atoms with E-state index >= 15 is 4.39 Å². The molecule has 0 saturated carbocycles. The molecule has 2 unspecified atom stereocenters. The fourth-order valence-corrected chi connectivity index (χ4v) is 5.11. The van der Waals surface area contributed by atoms with Gasteiger partial charge in [0.25, 0.3) is 5.88 Å². The van der Waals surface area contributed by atoms with Gasteiger partial charge >= 0.3 is 5.97 Å². The van der Waals surface area contributed by atoms with Crippen LogP contribution in [0.25, 0.3) is 0 Å². The smallest absolute Gasteiger partial charge is 0.322 e. The highest BCUT2D eigenvalue weighted by Gasteiger charge is 2.25. The van der Waals surface area contributed by atoms with Gasteiger partial charge in [-0.15, -0.1) is 0 Å². The van der Waals surface area contributed by atoms with Crippen molar-refractivity contribution in [3.63, 3.8) is 0 Å². The Morgan fingerprint density at radius 1 is 1.24 bits per heavy atom. The Morgan fingerprint density at radius 3 is 2.71 bits per heavy atom. The number of carbonyl (C=O) groups is 1. The maximum absolute atomic E-state index is 15.5. The van der Waals surface area contributed by atoms with E-state index in [9.17, 15) is 18.5 Å². The third kappa shape index (κ3) is 6.81. The van der Waals surface area contributed by atoms with Crippen molar-refractivity contribution in [1.82, 2.24) is 9.88 Å². The van der Waals surface area contributed by atoms with Crippen LogP contribution in [0, 0.1) is 23.0 Å². The van der Waals surface area contributed by atoms with Crippen molar-refractivity contribution < 1.29 is 37.1 Å². The fourth-order valence-electron chi connectivity index (χ4n) is 3.93. The van der Waals surface area contributed by atoms with Crippen LogP contribution in [0.1, 0.15) is 24.5 Å². The van der Waals surface area contributed by atoms with Crippen molar-refractivity contribution >= 4 is 22.6 Å². The molecule has 42 heavy (non-hydrogen) atoms. The molecule has 0 spiro atoms. The summed E-state index contributed by atoms with van der Waals surface area (Å²) in [6.45, 7) is 2.89. The van der Waals surface area contributed by atoms with E-state index in [1.807, 2.05) is 11.0 Å². The highest BCUT2D eigenvalue weighted by molar-refractivity contribution is 7.85. The number of aromatic hydroxyl groups is 1. The van der Waals surface area contributed by atoms with E-state index in [0.29, 0.717) is 35.6 Å². The molecule has 0 bridgehead atoms. The van der Waals surface area contributed by atoms with Crippen molar-refractivity contribution in [2.75, 3.05) is 32.5 Å². The molecule has 3 aromatic rings. The van der Waals surface area contributed by atoms with Gasteiger partial charge in [-0.2, -0.15) is 9.65 Å². The number of rotatable bonds is 11. The molecule has 0 amide bonds. The molecule has 0 aliphatic carbocycles. The molecule has 1 aromatic heterocycles. The first kappa shape index (κ1) is 30.4. The second-order valence-corrected chi connectivity index (χ2v) is 10.6. The number of amidine groups is 1. The monoisotopic (exact) mass is 599 g/mol. The van der Waals surface area contributed by atoms with Crippen molar-refractivity contribution in [3.8, 4) is 34.9 Å². The highest BCUT2D eigenvalue weighted by Crippen LogP contribution is 2.38. The van der Waals surface area contributed by atoms with Gasteiger partial charge in [0, 0.05) is 30.3 Å². The predicted octanol–water partition coefficient (Wildman–Crippen LogP) is 3.60. The number of benzene rings is 2. The molecule has 2 aromatic carbocycles. The van der Waals surface area contributed by atoms with Gasteiger partial charge in [-0.25, -0.2) is 9.37 Å². The average Bonchev–Trinajstić information content (AvgIpc) is 3.41. The van der Waals surface area contributed by atoms with Crippen LogP contribution in [0.4, 0.5) is 8.78 Å². The number of hydrogen-bond acceptors (Lipinski definition) is 11. The zero-order valence-electron chi connectivity index (χ0n) is 22.7. The molecule has 0 fully saturated rings. The van der Waals surface area contributed by atoms with E-state index in [4.69, 9.17) is 25.2 Å². The van der Waals surface area contributed by atoms with E-state index in [1.54, 1.807) is 20.0 Å². The van der Waals surface area contributed by atoms with Crippen LogP contribution < -0.4 is 15.2 Å². The molecule has 11 nitrogen and oxygen atoms in total. The second-order valence-electron chi connectivity index (χ2n) is 9.03. The minimum Gasteiger partial charge on any atom is -0.504 e. The molecule has 4 rings (SSSR count). The van der Waals surface area contributed by atoms with E-state index in [0.717, 1.165) is 0 Å². The molecular weight excluding hydrogens is 572 g/mol. The van der Waals surface area contributed by atoms with Crippen LogP contribution in [0.5, 0.6) is 28.9 Å². The number of esters is 1. The predicted molar refractivity (Wildman–Crippen MR) is 148 cm³/mol. The molecule has 2 atom stereocenters. The first-order valence-corrected chi connectivity index (χ1v) is 14.1. The lowest BCUT2D eigenvalue weighted by molar-refractivity contribution is -0.144. The van der Waals surface area contributed by atoms with E-state index in [-0.39, 0.29) is 35.8 Å². The topological polar surface area (TPSA) is 160 Å². The third-order valence-electron chi connectivity index (χ3n) is 6.12. The summed E-state index contributed by atoms with van der Waals surface area (Å²) in [5.74, 6) is -4.69. The number of phenols is 1. The molecule has 220 valence electrons. The Bertz CT molecular complexity index is 1600. The minimum absolute atomic E-state index is 0.00995. The van der Waals surface area contributed by atoms with Crippen LogP contribution in [-0.2, 0) is 20.3 Å². The summed E-state index contributed by atoms with van der Waals surface area (Å²) in [6, 6.07) is 9.05. The van der Waals surface area contributed by atoms with Crippen molar-refractivity contribution in [1.29, 1.82) is 5.26 Å². The Morgan fingerprint density at radius 2 is 2.02 bits per heavy atom. The third-order valence-corrected chi connectivity index (χ3v) is 7.51. The van der Waals surface area contributed by atoms with E-state index in [2.05, 4.69) is 9.98 Å². The molecule has 14 heteroatoms. The number of nitrogens with two attached hydrogens (primary N) is 1. The van der Waals surface area contributed by atoms with Crippen molar-refractivity contribution in [2.24, 2.45) is 10.7 Å². The summed E-state index contributed by atoms with van der Waals surface area (Å²) >= 11 is 0. The van der Waals surface area contributed by atoms with E-state index < -0.39 is 51.8 Å². The van der Waals surface area contributed by atoms with Gasteiger partial charge in [0.15, 0.2) is 17.3 Å². The maximum Gasteiger partial charge on any atom is 0.322 e. The number of likely N-dealkylation sites (N-methyl/N-ethyl adjacent to an activating group) is 1. The molecular formula is C28H27F2N5O6S. The average molecular weight is 600 g/mol. The number of halogens is 2. The zero-order chi connectivity index (χ0) is 30.4. The Balaban J connectivity index is 1.64. The lowest BCUT2D eigenvalue weighted by Gasteiger charge is -2.19. The Kier molecular flexibility index (Phi) is 9.66. The first-order chi connectivity index (χ1) is 20.1. The molecule has 0 radical (unpaired) electrons. The zero-order valence-corrected chi connectivity index (χ0v) is 23.5. The minimum atomic E-state index is -1.58. The summed E-state index contributed by atoms with van der Waals surface area (Å²) < 4.78 is 59.3. The largest absolute Gasteiger partial charge is 0.504 e. The number of aromatic nitrogens is 1. The molecule has 1 aliphatic heterocycles. The van der Waals surface area contributed by atoms with Crippen molar-refractivity contribution in [3.05, 3.63) is 65.4 Å². The van der Waals surface area contributed by atoms with Crippen molar-refractivity contribution in [2.45, 2.75) is 24.3 Å².